The van der Waals surface area contributed by atoms with Crippen LogP contribution in [0.5, 0.6) is 5.75 Å². The summed E-state index contributed by atoms with van der Waals surface area (Å²) in [7, 11) is 3.55. The Balaban J connectivity index is 1.47. The number of methoxy groups -OCH3 is 1. The first kappa shape index (κ1) is 17.6. The maximum absolute atomic E-state index is 12.7. The van der Waals surface area contributed by atoms with Crippen LogP contribution in [0.25, 0.3) is 11.4 Å². The van der Waals surface area contributed by atoms with E-state index in [2.05, 4.69) is 16.3 Å². The lowest BCUT2D eigenvalue weighted by Gasteiger charge is -2.16. The number of para-hydroxylation sites is 1. The van der Waals surface area contributed by atoms with Crippen molar-refractivity contribution in [1.29, 1.82) is 0 Å². The zero-order chi connectivity index (χ0) is 18.8. The molecule has 7 heteroatoms. The van der Waals surface area contributed by atoms with E-state index in [1.807, 2.05) is 59.0 Å². The molecule has 0 atom stereocenters. The lowest BCUT2D eigenvalue weighted by Crippen LogP contribution is -2.30. The van der Waals surface area contributed by atoms with E-state index < -0.39 is 0 Å². The summed E-state index contributed by atoms with van der Waals surface area (Å²) in [6, 6.07) is 15.8. The van der Waals surface area contributed by atoms with Gasteiger partial charge in [-0.05, 0) is 30.2 Å². The topological polar surface area (TPSA) is 60.3 Å². The standard InChI is InChI=1S/C20H20N4O2S/c1-23-19(15-7-5-8-16(12-15)26-2)21-22-20(23)27-13-18(25)24-11-10-14-6-3-4-9-17(14)24/h3-9,12H,10-11,13H2,1-2H3. The van der Waals surface area contributed by atoms with Crippen LogP contribution < -0.4 is 9.64 Å². The number of fused-ring (bicyclic) bond motifs is 1. The molecule has 138 valence electrons. The van der Waals surface area contributed by atoms with Gasteiger partial charge in [0.05, 0.1) is 12.9 Å². The highest BCUT2D eigenvalue weighted by molar-refractivity contribution is 7.99. The molecule has 4 rings (SSSR count). The number of nitrogens with zero attached hydrogens (tertiary/aromatic N) is 4. The van der Waals surface area contributed by atoms with Crippen molar-refractivity contribution in [1.82, 2.24) is 14.8 Å². The van der Waals surface area contributed by atoms with E-state index in [9.17, 15) is 4.79 Å². The highest BCUT2D eigenvalue weighted by Crippen LogP contribution is 2.29. The molecular formula is C20H20N4O2S. The molecule has 0 fully saturated rings. The predicted molar refractivity (Wildman–Crippen MR) is 106 cm³/mol. The van der Waals surface area contributed by atoms with Crippen LogP contribution in [0.4, 0.5) is 5.69 Å². The first-order chi connectivity index (χ1) is 13.2. The highest BCUT2D eigenvalue weighted by atomic mass is 32.2. The zero-order valence-electron chi connectivity index (χ0n) is 15.3. The summed E-state index contributed by atoms with van der Waals surface area (Å²) < 4.78 is 7.18. The van der Waals surface area contributed by atoms with E-state index >= 15 is 0 Å². The molecule has 0 saturated carbocycles. The molecule has 1 aliphatic rings. The summed E-state index contributed by atoms with van der Waals surface area (Å²) in [5.74, 6) is 1.94. The molecule has 2 heterocycles. The molecule has 0 saturated heterocycles. The SMILES string of the molecule is COc1cccc(-c2nnc(SCC(=O)N3CCc4ccccc43)n2C)c1. The Morgan fingerprint density at radius 2 is 2.04 bits per heavy atom. The van der Waals surface area contributed by atoms with Crippen LogP contribution in [-0.4, -0.2) is 40.1 Å². The van der Waals surface area contributed by atoms with Crippen LogP contribution in [-0.2, 0) is 18.3 Å². The van der Waals surface area contributed by atoms with Crippen LogP contribution in [0, 0.1) is 0 Å². The smallest absolute Gasteiger partial charge is 0.237 e. The van der Waals surface area contributed by atoms with E-state index in [-0.39, 0.29) is 5.91 Å². The van der Waals surface area contributed by atoms with Gasteiger partial charge < -0.3 is 14.2 Å². The first-order valence-electron chi connectivity index (χ1n) is 8.72. The Morgan fingerprint density at radius 3 is 2.89 bits per heavy atom. The number of anilines is 1. The first-order valence-corrected chi connectivity index (χ1v) is 9.71. The Kier molecular flexibility index (Phi) is 4.85. The monoisotopic (exact) mass is 380 g/mol. The lowest BCUT2D eigenvalue weighted by atomic mass is 10.2. The fraction of sp³-hybridized carbons (Fsp3) is 0.250. The summed E-state index contributed by atoms with van der Waals surface area (Å²) in [4.78, 5) is 14.5. The van der Waals surface area contributed by atoms with Gasteiger partial charge in [-0.2, -0.15) is 0 Å². The molecule has 6 nitrogen and oxygen atoms in total. The summed E-state index contributed by atoms with van der Waals surface area (Å²) >= 11 is 1.41. The zero-order valence-corrected chi connectivity index (χ0v) is 16.1. The van der Waals surface area contributed by atoms with Gasteiger partial charge in [-0.3, -0.25) is 4.79 Å². The van der Waals surface area contributed by atoms with E-state index in [1.165, 1.54) is 17.3 Å². The number of benzene rings is 2. The van der Waals surface area contributed by atoms with Crippen LogP contribution >= 0.6 is 11.8 Å². The Labute approximate surface area is 162 Å². The van der Waals surface area contributed by atoms with E-state index in [1.54, 1.807) is 7.11 Å². The molecule has 0 unspecified atom stereocenters. The quantitative estimate of drug-likeness (QED) is 0.636. The molecule has 3 aromatic rings. The fourth-order valence-electron chi connectivity index (χ4n) is 3.26. The minimum Gasteiger partial charge on any atom is -0.497 e. The molecule has 0 radical (unpaired) electrons. The molecule has 1 amide bonds. The number of amides is 1. The summed E-state index contributed by atoms with van der Waals surface area (Å²) in [5, 5.41) is 9.26. The van der Waals surface area contributed by atoms with Crippen molar-refractivity contribution in [3.05, 3.63) is 54.1 Å². The molecule has 0 bridgehead atoms. The van der Waals surface area contributed by atoms with Gasteiger partial charge in [0.25, 0.3) is 0 Å². The number of rotatable bonds is 5. The largest absolute Gasteiger partial charge is 0.497 e. The maximum atomic E-state index is 12.7. The molecule has 1 aliphatic heterocycles. The Morgan fingerprint density at radius 1 is 1.19 bits per heavy atom. The molecular weight excluding hydrogens is 360 g/mol. The second kappa shape index (κ2) is 7.44. The van der Waals surface area contributed by atoms with Gasteiger partial charge in [-0.15, -0.1) is 10.2 Å². The van der Waals surface area contributed by atoms with Crippen molar-refractivity contribution in [3.8, 4) is 17.1 Å². The van der Waals surface area contributed by atoms with Crippen molar-refractivity contribution in [2.75, 3.05) is 24.3 Å². The van der Waals surface area contributed by atoms with Crippen molar-refractivity contribution < 1.29 is 9.53 Å². The summed E-state index contributed by atoms with van der Waals surface area (Å²) in [6.07, 6.45) is 0.913. The number of hydrogen-bond acceptors (Lipinski definition) is 5. The van der Waals surface area contributed by atoms with Gasteiger partial charge in [-0.25, -0.2) is 0 Å². The van der Waals surface area contributed by atoms with Crippen molar-refractivity contribution in [2.24, 2.45) is 7.05 Å². The van der Waals surface area contributed by atoms with Crippen molar-refractivity contribution in [2.45, 2.75) is 11.6 Å². The average Bonchev–Trinajstić information content (AvgIpc) is 3.30. The number of hydrogen-bond donors (Lipinski definition) is 0. The number of carbonyl (C=O) groups is 1. The third-order valence-electron chi connectivity index (χ3n) is 4.68. The minimum absolute atomic E-state index is 0.0934. The molecule has 0 N–H and O–H groups in total. The fourth-order valence-corrected chi connectivity index (χ4v) is 4.04. The second-order valence-corrected chi connectivity index (χ2v) is 7.25. The number of thioether (sulfide) groups is 1. The van der Waals surface area contributed by atoms with Crippen LogP contribution in [0.1, 0.15) is 5.56 Å². The Bertz CT molecular complexity index is 986. The van der Waals surface area contributed by atoms with Crippen molar-refractivity contribution >= 4 is 23.4 Å². The van der Waals surface area contributed by atoms with Crippen molar-refractivity contribution in [3.63, 3.8) is 0 Å². The molecule has 27 heavy (non-hydrogen) atoms. The van der Waals surface area contributed by atoms with E-state index in [4.69, 9.17) is 4.74 Å². The van der Waals surface area contributed by atoms with E-state index in [0.717, 1.165) is 35.8 Å². The van der Waals surface area contributed by atoms with Gasteiger partial charge in [-0.1, -0.05) is 42.1 Å². The maximum Gasteiger partial charge on any atom is 0.237 e. The van der Waals surface area contributed by atoms with Gasteiger partial charge in [0.1, 0.15) is 5.75 Å². The van der Waals surface area contributed by atoms with Crippen LogP contribution in [0.3, 0.4) is 0 Å². The summed E-state index contributed by atoms with van der Waals surface area (Å²) in [5.41, 5.74) is 3.18. The molecule has 1 aromatic heterocycles. The van der Waals surface area contributed by atoms with Crippen LogP contribution in [0.15, 0.2) is 53.7 Å². The Hall–Kier alpha value is -2.80. The van der Waals surface area contributed by atoms with Crippen LogP contribution in [0.2, 0.25) is 0 Å². The lowest BCUT2D eigenvalue weighted by molar-refractivity contribution is -0.116. The number of aromatic nitrogens is 3. The molecule has 0 aliphatic carbocycles. The normalized spacial score (nSPS) is 12.9. The second-order valence-electron chi connectivity index (χ2n) is 6.31. The van der Waals surface area contributed by atoms with Gasteiger partial charge in [0.15, 0.2) is 11.0 Å². The third kappa shape index (κ3) is 3.42. The van der Waals surface area contributed by atoms with E-state index in [0.29, 0.717) is 10.9 Å². The number of ether oxygens (including phenoxy) is 1. The van der Waals surface area contributed by atoms with Gasteiger partial charge in [0.2, 0.25) is 5.91 Å². The minimum atomic E-state index is 0.0934. The molecule has 2 aromatic carbocycles. The van der Waals surface area contributed by atoms with Gasteiger partial charge >= 0.3 is 0 Å². The third-order valence-corrected chi connectivity index (χ3v) is 5.68. The highest BCUT2D eigenvalue weighted by Gasteiger charge is 2.24. The van der Waals surface area contributed by atoms with Gasteiger partial charge in [0, 0.05) is 24.8 Å². The average molecular weight is 380 g/mol. The molecule has 0 spiro atoms. The summed E-state index contributed by atoms with van der Waals surface area (Å²) in [6.45, 7) is 0.743. The predicted octanol–water partition coefficient (Wildman–Crippen LogP) is 3.17. The number of carbonyl (C=O) groups excluding carboxylic acids is 1.